The average molecular weight is 577 g/mol. The van der Waals surface area contributed by atoms with E-state index in [1.807, 2.05) is 24.3 Å². The first kappa shape index (κ1) is 27.4. The van der Waals surface area contributed by atoms with Gasteiger partial charge in [0.15, 0.2) is 5.96 Å². The second-order valence-electron chi connectivity index (χ2n) is 7.52. The number of carbonyl (C=O) groups excluding carboxylic acids is 1. The van der Waals surface area contributed by atoms with E-state index >= 15 is 0 Å². The summed E-state index contributed by atoms with van der Waals surface area (Å²) in [7, 11) is 3.34. The molecule has 0 aliphatic carbocycles. The Morgan fingerprint density at radius 2 is 1.94 bits per heavy atom. The number of nitrogens with one attached hydrogen (secondary N) is 3. The number of benzene rings is 2. The van der Waals surface area contributed by atoms with E-state index in [0.717, 1.165) is 18.8 Å². The van der Waals surface area contributed by atoms with Gasteiger partial charge in [0.05, 0.1) is 32.9 Å². The summed E-state index contributed by atoms with van der Waals surface area (Å²) in [6.45, 7) is 3.82. The van der Waals surface area contributed by atoms with E-state index in [2.05, 4.69) is 43.9 Å². The van der Waals surface area contributed by atoms with Gasteiger partial charge in [-0.05, 0) is 35.9 Å². The molecule has 1 unspecified atom stereocenters. The van der Waals surface area contributed by atoms with Crippen LogP contribution in [-0.2, 0) is 9.53 Å². The maximum absolute atomic E-state index is 12.4. The molecule has 3 rings (SSSR count). The number of rotatable bonds is 8. The van der Waals surface area contributed by atoms with Crippen LogP contribution >= 0.6 is 24.0 Å². The van der Waals surface area contributed by atoms with Crippen LogP contribution < -0.4 is 20.7 Å². The highest BCUT2D eigenvalue weighted by Gasteiger charge is 2.23. The number of anilines is 1. The van der Waals surface area contributed by atoms with Gasteiger partial charge in [-0.25, -0.2) is 0 Å². The number of hydrogen-bond donors (Lipinski definition) is 3. The van der Waals surface area contributed by atoms with Gasteiger partial charge in [-0.1, -0.05) is 24.1 Å². The molecule has 182 valence electrons. The maximum Gasteiger partial charge on any atom is 0.243 e. The number of methoxy groups -OCH3 is 1. The molecule has 0 bridgehead atoms. The zero-order valence-corrected chi connectivity index (χ0v) is 21.9. The van der Waals surface area contributed by atoms with Gasteiger partial charge in [-0.15, -0.1) is 30.4 Å². The summed E-state index contributed by atoms with van der Waals surface area (Å²) >= 11 is 0. The third-order valence-electron chi connectivity index (χ3n) is 5.40. The number of morpholine rings is 1. The Hall–Kier alpha value is -2.81. The van der Waals surface area contributed by atoms with Gasteiger partial charge in [0.2, 0.25) is 5.91 Å². The van der Waals surface area contributed by atoms with Crippen LogP contribution in [-0.4, -0.2) is 70.3 Å². The van der Waals surface area contributed by atoms with Crippen molar-refractivity contribution < 1.29 is 14.3 Å². The van der Waals surface area contributed by atoms with Gasteiger partial charge >= 0.3 is 0 Å². The van der Waals surface area contributed by atoms with Crippen LogP contribution in [0.4, 0.5) is 5.69 Å². The highest BCUT2D eigenvalue weighted by atomic mass is 127. The van der Waals surface area contributed by atoms with Crippen molar-refractivity contribution in [2.24, 2.45) is 4.99 Å². The molecular weight excluding hydrogens is 545 g/mol. The largest absolute Gasteiger partial charge is 0.497 e. The minimum Gasteiger partial charge on any atom is -0.497 e. The predicted octanol–water partition coefficient (Wildman–Crippen LogP) is 2.47. The summed E-state index contributed by atoms with van der Waals surface area (Å²) in [5.74, 6) is 3.74. The first-order valence-corrected chi connectivity index (χ1v) is 10.9. The lowest BCUT2D eigenvalue weighted by Gasteiger charge is -2.35. The lowest BCUT2D eigenvalue weighted by Crippen LogP contribution is -2.47. The van der Waals surface area contributed by atoms with Crippen molar-refractivity contribution >= 4 is 41.5 Å². The molecule has 0 spiro atoms. The number of amides is 1. The summed E-state index contributed by atoms with van der Waals surface area (Å²) in [6, 6.07) is 15.4. The van der Waals surface area contributed by atoms with Crippen LogP contribution in [0.3, 0.4) is 0 Å². The summed E-state index contributed by atoms with van der Waals surface area (Å²) in [4.78, 5) is 19.0. The van der Waals surface area contributed by atoms with Crippen molar-refractivity contribution in [2.45, 2.75) is 6.04 Å². The van der Waals surface area contributed by atoms with Gasteiger partial charge in [0.25, 0.3) is 0 Å². The molecule has 0 saturated carbocycles. The summed E-state index contributed by atoms with van der Waals surface area (Å²) in [5, 5.41) is 9.25. The lowest BCUT2D eigenvalue weighted by atomic mass is 10.0. The fourth-order valence-electron chi connectivity index (χ4n) is 3.64. The Labute approximate surface area is 218 Å². The molecule has 1 amide bonds. The molecular formula is C25H32IN5O3. The Balaban J connectivity index is 0.00000408. The minimum absolute atomic E-state index is 0. The molecule has 1 saturated heterocycles. The first-order valence-electron chi connectivity index (χ1n) is 10.9. The van der Waals surface area contributed by atoms with Crippen LogP contribution in [0.2, 0.25) is 0 Å². The monoisotopic (exact) mass is 577 g/mol. The number of aliphatic imine (C=N–C) groups is 1. The second kappa shape index (κ2) is 14.5. The fraction of sp³-hybridized carbons (Fsp3) is 0.360. The molecule has 0 radical (unpaired) electrons. The summed E-state index contributed by atoms with van der Waals surface area (Å²) in [5.41, 5.74) is 2.55. The van der Waals surface area contributed by atoms with E-state index in [0.29, 0.717) is 37.0 Å². The van der Waals surface area contributed by atoms with Crippen LogP contribution in [0.5, 0.6) is 5.75 Å². The number of ether oxygens (including phenoxy) is 2. The quantitative estimate of drug-likeness (QED) is 0.194. The number of halogens is 1. The zero-order valence-electron chi connectivity index (χ0n) is 19.5. The number of hydrogen-bond acceptors (Lipinski definition) is 5. The molecule has 8 nitrogen and oxygen atoms in total. The molecule has 34 heavy (non-hydrogen) atoms. The molecule has 1 heterocycles. The van der Waals surface area contributed by atoms with E-state index in [9.17, 15) is 4.79 Å². The first-order chi connectivity index (χ1) is 16.1. The van der Waals surface area contributed by atoms with Gasteiger partial charge in [0, 0.05) is 37.9 Å². The van der Waals surface area contributed by atoms with Crippen molar-refractivity contribution in [3.05, 3.63) is 59.7 Å². The molecule has 3 N–H and O–H groups in total. The number of nitrogens with zero attached hydrogens (tertiary/aromatic N) is 2. The van der Waals surface area contributed by atoms with E-state index in [4.69, 9.17) is 15.9 Å². The van der Waals surface area contributed by atoms with E-state index < -0.39 is 0 Å². The fourth-order valence-corrected chi connectivity index (χ4v) is 3.64. The highest BCUT2D eigenvalue weighted by molar-refractivity contribution is 14.0. The molecule has 2 aromatic rings. The molecule has 1 atom stereocenters. The molecule has 1 aliphatic rings. The molecule has 9 heteroatoms. The highest BCUT2D eigenvalue weighted by Crippen LogP contribution is 2.23. The Morgan fingerprint density at radius 1 is 1.21 bits per heavy atom. The van der Waals surface area contributed by atoms with Crippen LogP contribution in [0.15, 0.2) is 53.5 Å². The topological polar surface area (TPSA) is 87.2 Å². The Bertz CT molecular complexity index is 985. The Morgan fingerprint density at radius 3 is 2.59 bits per heavy atom. The lowest BCUT2D eigenvalue weighted by molar-refractivity contribution is -0.115. The van der Waals surface area contributed by atoms with Gasteiger partial charge in [-0.3, -0.25) is 14.7 Å². The maximum atomic E-state index is 12.4. The van der Waals surface area contributed by atoms with Crippen LogP contribution in [0, 0.1) is 12.3 Å². The van der Waals surface area contributed by atoms with Gasteiger partial charge in [-0.2, -0.15) is 0 Å². The van der Waals surface area contributed by atoms with Crippen molar-refractivity contribution in [2.75, 3.05) is 58.9 Å². The standard InChI is InChI=1S/C25H31N5O3.HI/c1-4-19-6-5-7-21(16-19)29-24(31)18-28-25(26-2)27-17-23(30-12-14-33-15-13-30)20-8-10-22(32-3)11-9-20;/h1,5-11,16,23H,12-15,17-18H2,2-3H3,(H,29,31)(H2,26,27,28);1H. The smallest absolute Gasteiger partial charge is 0.243 e. The number of carbonyl (C=O) groups is 1. The van der Waals surface area contributed by atoms with Crippen molar-refractivity contribution in [1.29, 1.82) is 0 Å². The van der Waals surface area contributed by atoms with Crippen molar-refractivity contribution in [3.8, 4) is 18.1 Å². The molecule has 1 fully saturated rings. The molecule has 0 aromatic heterocycles. The molecule has 2 aromatic carbocycles. The van der Waals surface area contributed by atoms with E-state index in [-0.39, 0.29) is 42.5 Å². The summed E-state index contributed by atoms with van der Waals surface area (Å²) in [6.07, 6.45) is 5.42. The van der Waals surface area contributed by atoms with Crippen LogP contribution in [0.1, 0.15) is 17.2 Å². The predicted molar refractivity (Wildman–Crippen MR) is 146 cm³/mol. The summed E-state index contributed by atoms with van der Waals surface area (Å²) < 4.78 is 10.8. The SMILES string of the molecule is C#Cc1cccc(NC(=O)CNC(=NC)NCC(c2ccc(OC)cc2)N2CCOCC2)c1.I. The number of guanidine groups is 1. The average Bonchev–Trinajstić information content (AvgIpc) is 2.87. The minimum atomic E-state index is -0.188. The normalized spacial score (nSPS) is 14.8. The second-order valence-corrected chi connectivity index (χ2v) is 7.52. The number of terminal acetylenes is 1. The van der Waals surface area contributed by atoms with E-state index in [1.165, 1.54) is 5.56 Å². The van der Waals surface area contributed by atoms with Crippen molar-refractivity contribution in [3.63, 3.8) is 0 Å². The Kier molecular flexibility index (Phi) is 11.7. The zero-order chi connectivity index (χ0) is 23.5. The third-order valence-corrected chi connectivity index (χ3v) is 5.40. The van der Waals surface area contributed by atoms with E-state index in [1.54, 1.807) is 26.3 Å². The van der Waals surface area contributed by atoms with Crippen LogP contribution in [0.25, 0.3) is 0 Å². The molecule has 1 aliphatic heterocycles. The van der Waals surface area contributed by atoms with Gasteiger partial charge in [0.1, 0.15) is 5.75 Å². The van der Waals surface area contributed by atoms with Crippen molar-refractivity contribution in [1.82, 2.24) is 15.5 Å². The van der Waals surface area contributed by atoms with Gasteiger partial charge < -0.3 is 25.4 Å². The third kappa shape index (κ3) is 8.20.